The average molecular weight is 359 g/mol. The predicted molar refractivity (Wildman–Crippen MR) is 121 cm³/mol. The van der Waals surface area contributed by atoms with E-state index in [1.165, 1.54) is 32.8 Å². The van der Waals surface area contributed by atoms with Crippen molar-refractivity contribution < 1.29 is 0 Å². The first kappa shape index (κ1) is 16.6. The summed E-state index contributed by atoms with van der Waals surface area (Å²) >= 11 is 0. The first-order valence-electron chi connectivity index (χ1n) is 9.63. The maximum absolute atomic E-state index is 2.36. The van der Waals surface area contributed by atoms with Crippen molar-refractivity contribution in [1.82, 2.24) is 0 Å². The SMILES string of the molecule is Cc1ccc(N(c2ccccc2)c2cccc3ccc4ccccc4c23)cc1. The highest BCUT2D eigenvalue weighted by molar-refractivity contribution is 6.15. The zero-order valence-corrected chi connectivity index (χ0v) is 15.8. The van der Waals surface area contributed by atoms with E-state index in [1.807, 2.05) is 0 Å². The zero-order valence-electron chi connectivity index (χ0n) is 15.8. The van der Waals surface area contributed by atoms with Crippen LogP contribution in [0.2, 0.25) is 0 Å². The Bertz CT molecular complexity index is 1250. The van der Waals surface area contributed by atoms with Gasteiger partial charge in [-0.05, 0) is 53.4 Å². The molecule has 0 aliphatic rings. The maximum atomic E-state index is 2.36. The number of aryl methyl sites for hydroxylation is 1. The van der Waals surface area contributed by atoms with Gasteiger partial charge in [-0.25, -0.2) is 0 Å². The molecule has 0 fully saturated rings. The third kappa shape index (κ3) is 2.82. The summed E-state index contributed by atoms with van der Waals surface area (Å²) in [5.41, 5.74) is 4.79. The topological polar surface area (TPSA) is 3.24 Å². The van der Waals surface area contributed by atoms with Crippen LogP contribution in [-0.4, -0.2) is 0 Å². The molecule has 134 valence electrons. The predicted octanol–water partition coefficient (Wildman–Crippen LogP) is 7.77. The van der Waals surface area contributed by atoms with Crippen LogP contribution >= 0.6 is 0 Å². The molecule has 0 aliphatic carbocycles. The molecule has 5 rings (SSSR count). The largest absolute Gasteiger partial charge is 0.310 e. The molecule has 0 unspecified atom stereocenters. The fourth-order valence-electron chi connectivity index (χ4n) is 3.92. The molecule has 0 aliphatic heterocycles. The van der Waals surface area contributed by atoms with Gasteiger partial charge in [0.25, 0.3) is 0 Å². The molecule has 0 saturated carbocycles. The third-order valence-electron chi connectivity index (χ3n) is 5.29. The van der Waals surface area contributed by atoms with Gasteiger partial charge in [0, 0.05) is 16.8 Å². The number of hydrogen-bond acceptors (Lipinski definition) is 1. The fourth-order valence-corrected chi connectivity index (χ4v) is 3.92. The number of fused-ring (bicyclic) bond motifs is 3. The first-order chi connectivity index (χ1) is 13.8. The quantitative estimate of drug-likeness (QED) is 0.297. The molecular formula is C27H21N. The Balaban J connectivity index is 1.86. The monoisotopic (exact) mass is 359 g/mol. The van der Waals surface area contributed by atoms with Crippen LogP contribution < -0.4 is 4.90 Å². The van der Waals surface area contributed by atoms with Gasteiger partial charge in [0.15, 0.2) is 0 Å². The smallest absolute Gasteiger partial charge is 0.0546 e. The van der Waals surface area contributed by atoms with Gasteiger partial charge in [-0.15, -0.1) is 0 Å². The van der Waals surface area contributed by atoms with E-state index in [2.05, 4.69) is 121 Å². The van der Waals surface area contributed by atoms with Crippen LogP contribution in [0, 0.1) is 6.92 Å². The number of para-hydroxylation sites is 1. The lowest BCUT2D eigenvalue weighted by molar-refractivity contribution is 1.29. The van der Waals surface area contributed by atoms with Crippen LogP contribution in [0.25, 0.3) is 21.5 Å². The van der Waals surface area contributed by atoms with Gasteiger partial charge >= 0.3 is 0 Å². The minimum atomic E-state index is 1.16. The second-order valence-electron chi connectivity index (χ2n) is 7.17. The first-order valence-corrected chi connectivity index (χ1v) is 9.63. The van der Waals surface area contributed by atoms with Crippen molar-refractivity contribution in [3.05, 3.63) is 115 Å². The van der Waals surface area contributed by atoms with Crippen LogP contribution in [-0.2, 0) is 0 Å². The molecule has 0 amide bonds. The summed E-state index contributed by atoms with van der Waals surface area (Å²) in [5, 5.41) is 5.08. The molecule has 0 aromatic heterocycles. The molecule has 0 saturated heterocycles. The zero-order chi connectivity index (χ0) is 18.9. The molecule has 0 atom stereocenters. The number of benzene rings is 5. The lowest BCUT2D eigenvalue weighted by atomic mass is 9.99. The highest BCUT2D eigenvalue weighted by Gasteiger charge is 2.16. The molecule has 5 aromatic carbocycles. The average Bonchev–Trinajstić information content (AvgIpc) is 2.76. The number of hydrogen-bond donors (Lipinski definition) is 0. The highest BCUT2D eigenvalue weighted by Crippen LogP contribution is 2.41. The van der Waals surface area contributed by atoms with Crippen molar-refractivity contribution in [1.29, 1.82) is 0 Å². The van der Waals surface area contributed by atoms with Gasteiger partial charge in [0.05, 0.1) is 5.69 Å². The summed E-state index contributed by atoms with van der Waals surface area (Å²) in [4.78, 5) is 2.36. The summed E-state index contributed by atoms with van der Waals surface area (Å²) in [5.74, 6) is 0. The van der Waals surface area contributed by atoms with E-state index in [0.29, 0.717) is 0 Å². The van der Waals surface area contributed by atoms with Gasteiger partial charge < -0.3 is 4.90 Å². The Kier molecular flexibility index (Phi) is 4.06. The molecule has 0 N–H and O–H groups in total. The molecule has 1 nitrogen and oxygen atoms in total. The van der Waals surface area contributed by atoms with E-state index < -0.39 is 0 Å². The maximum Gasteiger partial charge on any atom is 0.0546 e. The second kappa shape index (κ2) is 6.86. The molecule has 0 bridgehead atoms. The second-order valence-corrected chi connectivity index (χ2v) is 7.17. The van der Waals surface area contributed by atoms with E-state index in [0.717, 1.165) is 11.4 Å². The Morgan fingerprint density at radius 2 is 1.14 bits per heavy atom. The van der Waals surface area contributed by atoms with Gasteiger partial charge in [0.2, 0.25) is 0 Å². The summed E-state index contributed by atoms with van der Waals surface area (Å²) < 4.78 is 0. The van der Waals surface area contributed by atoms with E-state index in [-0.39, 0.29) is 0 Å². The number of rotatable bonds is 3. The van der Waals surface area contributed by atoms with Crippen molar-refractivity contribution in [2.24, 2.45) is 0 Å². The van der Waals surface area contributed by atoms with Crippen LogP contribution in [0.5, 0.6) is 0 Å². The van der Waals surface area contributed by atoms with Crippen LogP contribution in [0.15, 0.2) is 109 Å². The van der Waals surface area contributed by atoms with E-state index in [4.69, 9.17) is 0 Å². The fraction of sp³-hybridized carbons (Fsp3) is 0.0370. The minimum absolute atomic E-state index is 1.16. The Labute approximate surface area is 165 Å². The summed E-state index contributed by atoms with van der Waals surface area (Å²) in [6, 6.07) is 39.0. The van der Waals surface area contributed by atoms with Crippen molar-refractivity contribution in [2.45, 2.75) is 6.92 Å². The molecule has 5 aromatic rings. The van der Waals surface area contributed by atoms with Gasteiger partial charge in [-0.2, -0.15) is 0 Å². The Morgan fingerprint density at radius 3 is 1.96 bits per heavy atom. The van der Waals surface area contributed by atoms with E-state index in [9.17, 15) is 0 Å². The molecule has 28 heavy (non-hydrogen) atoms. The van der Waals surface area contributed by atoms with Crippen LogP contribution in [0.3, 0.4) is 0 Å². The lowest BCUT2D eigenvalue weighted by Gasteiger charge is -2.27. The minimum Gasteiger partial charge on any atom is -0.310 e. The third-order valence-corrected chi connectivity index (χ3v) is 5.29. The van der Waals surface area contributed by atoms with E-state index >= 15 is 0 Å². The van der Waals surface area contributed by atoms with Crippen molar-refractivity contribution in [2.75, 3.05) is 4.90 Å². The van der Waals surface area contributed by atoms with Gasteiger partial charge in [-0.3, -0.25) is 0 Å². The van der Waals surface area contributed by atoms with Crippen molar-refractivity contribution in [3.63, 3.8) is 0 Å². The summed E-state index contributed by atoms with van der Waals surface area (Å²) in [6.45, 7) is 2.13. The van der Waals surface area contributed by atoms with Crippen LogP contribution in [0.4, 0.5) is 17.1 Å². The van der Waals surface area contributed by atoms with Crippen molar-refractivity contribution in [3.8, 4) is 0 Å². The Hall–Kier alpha value is -3.58. The van der Waals surface area contributed by atoms with Crippen molar-refractivity contribution >= 4 is 38.6 Å². The Morgan fingerprint density at radius 1 is 0.500 bits per heavy atom. The van der Waals surface area contributed by atoms with Gasteiger partial charge in [0.1, 0.15) is 0 Å². The normalized spacial score (nSPS) is 11.0. The highest BCUT2D eigenvalue weighted by atomic mass is 15.1. The number of nitrogens with zero attached hydrogens (tertiary/aromatic N) is 1. The summed E-state index contributed by atoms with van der Waals surface area (Å²) in [6.07, 6.45) is 0. The standard InChI is InChI=1S/C27H21N/c1-20-14-18-24(19-15-20)28(23-10-3-2-4-11-23)26-13-7-9-22-17-16-21-8-5-6-12-25(21)27(22)26/h2-19H,1H3. The lowest BCUT2D eigenvalue weighted by Crippen LogP contribution is -2.10. The summed E-state index contributed by atoms with van der Waals surface area (Å²) in [7, 11) is 0. The van der Waals surface area contributed by atoms with Crippen LogP contribution in [0.1, 0.15) is 5.56 Å². The number of anilines is 3. The molecular weight excluding hydrogens is 338 g/mol. The van der Waals surface area contributed by atoms with E-state index in [1.54, 1.807) is 0 Å². The molecule has 1 heteroatoms. The molecule has 0 radical (unpaired) electrons. The molecule has 0 spiro atoms. The van der Waals surface area contributed by atoms with Gasteiger partial charge in [-0.1, -0.05) is 84.4 Å². The molecule has 0 heterocycles.